The lowest BCUT2D eigenvalue weighted by atomic mass is 10.3. The second-order valence-corrected chi connectivity index (χ2v) is 8.10. The Hall–Kier alpha value is -2.57. The molecule has 0 bridgehead atoms. The van der Waals surface area contributed by atoms with Crippen molar-refractivity contribution >= 4 is 50.5 Å². The van der Waals surface area contributed by atoms with Crippen molar-refractivity contribution in [3.8, 4) is 5.69 Å². The van der Waals surface area contributed by atoms with E-state index in [9.17, 15) is 4.79 Å². The third-order valence-electron chi connectivity index (χ3n) is 4.33. The molecule has 1 aliphatic rings. The summed E-state index contributed by atoms with van der Waals surface area (Å²) in [7, 11) is 0. The molecule has 1 amide bonds. The van der Waals surface area contributed by atoms with Crippen LogP contribution in [-0.4, -0.2) is 27.1 Å². The Morgan fingerprint density at radius 3 is 2.64 bits per heavy atom. The van der Waals surface area contributed by atoms with E-state index in [-0.39, 0.29) is 5.91 Å². The number of nitrogens with zero attached hydrogens (tertiary/aromatic N) is 3. The Bertz CT molecular complexity index is 1070. The minimum atomic E-state index is -0.0100. The highest BCUT2D eigenvalue weighted by atomic mass is 79.9. The van der Waals surface area contributed by atoms with Gasteiger partial charge in [0.05, 0.1) is 10.6 Å². The predicted molar refractivity (Wildman–Crippen MR) is 120 cm³/mol. The molecule has 28 heavy (non-hydrogen) atoms. The molecule has 4 rings (SSSR count). The molecular formula is C22H18BrN3OS. The van der Waals surface area contributed by atoms with Crippen molar-refractivity contribution in [2.45, 2.75) is 6.92 Å². The average Bonchev–Trinajstić information content (AvgIpc) is 3.27. The first-order valence-corrected chi connectivity index (χ1v) is 10.5. The number of likely N-dealkylation sites (N-methyl/N-ethyl adjacent to an activating group) is 1. The fourth-order valence-corrected chi connectivity index (χ4v) is 4.42. The first-order chi connectivity index (χ1) is 13.7. The Kier molecular flexibility index (Phi) is 5.50. The van der Waals surface area contributed by atoms with E-state index in [0.717, 1.165) is 21.5 Å². The lowest BCUT2D eigenvalue weighted by Crippen LogP contribution is -2.28. The summed E-state index contributed by atoms with van der Waals surface area (Å²) in [5.74, 6) is -0.0100. The topological polar surface area (TPSA) is 37.6 Å². The highest BCUT2D eigenvalue weighted by Gasteiger charge is 2.32. The zero-order chi connectivity index (χ0) is 19.5. The molecule has 2 aromatic carbocycles. The van der Waals surface area contributed by atoms with Gasteiger partial charge in [0.15, 0.2) is 5.17 Å². The van der Waals surface area contributed by atoms with Crippen LogP contribution >= 0.6 is 27.7 Å². The van der Waals surface area contributed by atoms with E-state index in [4.69, 9.17) is 0 Å². The molecule has 1 saturated heterocycles. The van der Waals surface area contributed by atoms with Crippen molar-refractivity contribution in [3.05, 3.63) is 88.0 Å². The van der Waals surface area contributed by atoms with E-state index >= 15 is 0 Å². The van der Waals surface area contributed by atoms with Crippen molar-refractivity contribution in [1.82, 2.24) is 9.47 Å². The molecule has 1 fully saturated rings. The van der Waals surface area contributed by atoms with E-state index in [1.807, 2.05) is 85.9 Å². The van der Waals surface area contributed by atoms with Crippen LogP contribution in [0.1, 0.15) is 12.6 Å². The largest absolute Gasteiger partial charge is 0.317 e. The highest BCUT2D eigenvalue weighted by molar-refractivity contribution is 9.10. The van der Waals surface area contributed by atoms with Gasteiger partial charge in [-0.1, -0.05) is 40.2 Å². The van der Waals surface area contributed by atoms with Crippen molar-refractivity contribution in [2.75, 3.05) is 6.54 Å². The molecule has 0 aliphatic carbocycles. The van der Waals surface area contributed by atoms with Crippen LogP contribution in [0.5, 0.6) is 0 Å². The van der Waals surface area contributed by atoms with Gasteiger partial charge in [-0.2, -0.15) is 0 Å². The third-order valence-corrected chi connectivity index (χ3v) is 5.83. The molecule has 4 nitrogen and oxygen atoms in total. The number of halogens is 1. The van der Waals surface area contributed by atoms with Gasteiger partial charge in [0.1, 0.15) is 0 Å². The number of amidine groups is 1. The molecule has 0 spiro atoms. The van der Waals surface area contributed by atoms with Crippen molar-refractivity contribution in [2.24, 2.45) is 4.99 Å². The van der Waals surface area contributed by atoms with Crippen LogP contribution in [0.2, 0.25) is 0 Å². The van der Waals surface area contributed by atoms with E-state index in [1.54, 1.807) is 4.90 Å². The zero-order valence-corrected chi connectivity index (χ0v) is 17.7. The fourth-order valence-electron chi connectivity index (χ4n) is 2.99. The smallest absolute Gasteiger partial charge is 0.266 e. The maximum Gasteiger partial charge on any atom is 0.266 e. The summed E-state index contributed by atoms with van der Waals surface area (Å²) in [4.78, 5) is 20.0. The molecule has 1 aliphatic heterocycles. The molecule has 3 aromatic rings. The number of carbonyl (C=O) groups excluding carboxylic acids is 1. The second kappa shape index (κ2) is 8.20. The van der Waals surface area contributed by atoms with Crippen LogP contribution in [0, 0.1) is 0 Å². The maximum absolute atomic E-state index is 12.9. The molecule has 140 valence electrons. The lowest BCUT2D eigenvalue weighted by Gasteiger charge is -2.12. The number of carbonyl (C=O) groups is 1. The first-order valence-electron chi connectivity index (χ1n) is 8.94. The van der Waals surface area contributed by atoms with Gasteiger partial charge in [-0.15, -0.1) is 0 Å². The minimum Gasteiger partial charge on any atom is -0.317 e. The first kappa shape index (κ1) is 18.8. The van der Waals surface area contributed by atoms with Gasteiger partial charge >= 0.3 is 0 Å². The summed E-state index contributed by atoms with van der Waals surface area (Å²) >= 11 is 4.93. The highest BCUT2D eigenvalue weighted by Crippen LogP contribution is 2.34. The fraction of sp³-hybridized carbons (Fsp3) is 0.0909. The second-order valence-electron chi connectivity index (χ2n) is 6.17. The molecule has 0 radical (unpaired) electrons. The van der Waals surface area contributed by atoms with E-state index in [2.05, 4.69) is 25.5 Å². The van der Waals surface area contributed by atoms with Gasteiger partial charge < -0.3 is 4.57 Å². The minimum absolute atomic E-state index is 0.0100. The standard InChI is InChI=1S/C22H18BrN3OS/c1-2-25-21(27)20(28-22(25)24-17-9-4-3-5-10-17)15-19-12-7-13-26(19)18-11-6-8-16(23)14-18/h3-15H,2H2,1H3/b20-15-,24-22?. The zero-order valence-electron chi connectivity index (χ0n) is 15.2. The number of para-hydroxylation sites is 1. The number of aliphatic imine (C=N–C) groups is 1. The van der Waals surface area contributed by atoms with Crippen LogP contribution in [0.4, 0.5) is 5.69 Å². The maximum atomic E-state index is 12.9. The van der Waals surface area contributed by atoms with Crippen molar-refractivity contribution in [1.29, 1.82) is 0 Å². The molecule has 1 aromatic heterocycles. The van der Waals surface area contributed by atoms with Gasteiger partial charge in [0.25, 0.3) is 5.91 Å². The van der Waals surface area contributed by atoms with Crippen LogP contribution in [0.15, 0.2) is 87.3 Å². The van der Waals surface area contributed by atoms with Crippen molar-refractivity contribution < 1.29 is 4.79 Å². The Balaban J connectivity index is 1.69. The number of amides is 1. The summed E-state index contributed by atoms with van der Waals surface area (Å²) in [6.45, 7) is 2.55. The number of aromatic nitrogens is 1. The number of rotatable bonds is 4. The van der Waals surface area contributed by atoms with E-state index < -0.39 is 0 Å². The Morgan fingerprint density at radius 2 is 1.89 bits per heavy atom. The lowest BCUT2D eigenvalue weighted by molar-refractivity contribution is -0.122. The molecule has 2 heterocycles. The number of hydrogen-bond acceptors (Lipinski definition) is 3. The van der Waals surface area contributed by atoms with E-state index in [1.165, 1.54) is 11.8 Å². The normalized spacial score (nSPS) is 17.1. The van der Waals surface area contributed by atoms with Crippen molar-refractivity contribution in [3.63, 3.8) is 0 Å². The van der Waals surface area contributed by atoms with Gasteiger partial charge in [0.2, 0.25) is 0 Å². The van der Waals surface area contributed by atoms with Crippen LogP contribution in [0.25, 0.3) is 11.8 Å². The van der Waals surface area contributed by atoms with Crippen LogP contribution in [-0.2, 0) is 4.79 Å². The summed E-state index contributed by atoms with van der Waals surface area (Å²) in [6, 6.07) is 21.8. The number of benzene rings is 2. The van der Waals surface area contributed by atoms with Gasteiger partial charge in [-0.3, -0.25) is 9.69 Å². The van der Waals surface area contributed by atoms with E-state index in [0.29, 0.717) is 16.6 Å². The molecule has 6 heteroatoms. The summed E-state index contributed by atoms with van der Waals surface area (Å²) in [5, 5.41) is 0.713. The summed E-state index contributed by atoms with van der Waals surface area (Å²) in [6.07, 6.45) is 3.93. The summed E-state index contributed by atoms with van der Waals surface area (Å²) in [5.41, 5.74) is 2.83. The third kappa shape index (κ3) is 3.84. The Morgan fingerprint density at radius 1 is 1.07 bits per heavy atom. The van der Waals surface area contributed by atoms with Gasteiger partial charge in [0, 0.05) is 28.6 Å². The van der Waals surface area contributed by atoms with Crippen LogP contribution in [0.3, 0.4) is 0 Å². The van der Waals surface area contributed by atoms with Gasteiger partial charge in [-0.25, -0.2) is 4.99 Å². The SMILES string of the molecule is CCN1C(=O)/C(=C/c2cccn2-c2cccc(Br)c2)SC1=Nc1ccccc1. The molecule has 0 unspecified atom stereocenters. The van der Waals surface area contributed by atoms with Gasteiger partial charge in [-0.05, 0) is 67.2 Å². The molecular weight excluding hydrogens is 434 g/mol. The predicted octanol–water partition coefficient (Wildman–Crippen LogP) is 5.86. The molecule has 0 atom stereocenters. The summed E-state index contributed by atoms with van der Waals surface area (Å²) < 4.78 is 3.08. The quantitative estimate of drug-likeness (QED) is 0.465. The molecule has 0 N–H and O–H groups in total. The number of hydrogen-bond donors (Lipinski definition) is 0. The van der Waals surface area contributed by atoms with Crippen LogP contribution < -0.4 is 0 Å². The number of thioether (sulfide) groups is 1. The average molecular weight is 452 g/mol. The molecule has 0 saturated carbocycles. The monoisotopic (exact) mass is 451 g/mol. The Labute approximate surface area is 176 Å².